The number of thioether (sulfide) groups is 1. The number of carboxylic acid groups (broad SMARTS) is 1. The Hall–Kier alpha value is -1.21. The van der Waals surface area contributed by atoms with E-state index in [-0.39, 0.29) is 22.1 Å². The van der Waals surface area contributed by atoms with E-state index in [1.807, 2.05) is 0 Å². The van der Waals surface area contributed by atoms with E-state index < -0.39 is 18.0 Å². The van der Waals surface area contributed by atoms with E-state index in [1.165, 1.54) is 23.6 Å². The second-order valence-electron chi connectivity index (χ2n) is 3.86. The van der Waals surface area contributed by atoms with Crippen LogP contribution in [0, 0.1) is 5.92 Å². The predicted octanol–water partition coefficient (Wildman–Crippen LogP) is 0.189. The molecule has 2 aliphatic heterocycles. The summed E-state index contributed by atoms with van der Waals surface area (Å²) in [4.78, 5) is 24.0. The molecule has 0 aliphatic carbocycles. The first-order chi connectivity index (χ1) is 7.99. The third-order valence-corrected chi connectivity index (χ3v) is 4.01. The molecule has 2 heterocycles. The Bertz CT molecular complexity index is 406. The average Bonchev–Trinajstić information content (AvgIpc) is 2.53. The molecule has 2 rings (SSSR count). The molecule has 0 aromatic heterocycles. The average molecular weight is 259 g/mol. The van der Waals surface area contributed by atoms with E-state index in [4.69, 9.17) is 9.84 Å². The van der Waals surface area contributed by atoms with Crippen molar-refractivity contribution in [1.29, 1.82) is 0 Å². The highest BCUT2D eigenvalue weighted by Crippen LogP contribution is 2.50. The predicted molar refractivity (Wildman–Crippen MR) is 59.7 cm³/mol. The number of aliphatic hydroxyl groups is 1. The number of ether oxygens (including phenoxy) is 1. The Balaban J connectivity index is 2.26. The molecule has 3 atom stereocenters. The van der Waals surface area contributed by atoms with Gasteiger partial charge in [0.05, 0.1) is 18.6 Å². The van der Waals surface area contributed by atoms with Gasteiger partial charge in [-0.2, -0.15) is 0 Å². The summed E-state index contributed by atoms with van der Waals surface area (Å²) in [5.41, 5.74) is -0.108. The Morgan fingerprint density at radius 3 is 2.76 bits per heavy atom. The molecule has 1 unspecified atom stereocenters. The van der Waals surface area contributed by atoms with Crippen LogP contribution in [0.2, 0.25) is 0 Å². The first kappa shape index (κ1) is 12.3. The van der Waals surface area contributed by atoms with Crippen LogP contribution in [0.1, 0.15) is 13.8 Å². The van der Waals surface area contributed by atoms with Crippen molar-refractivity contribution in [2.45, 2.75) is 25.3 Å². The largest absolute Gasteiger partial charge is 0.485 e. The molecule has 1 fully saturated rings. The summed E-state index contributed by atoms with van der Waals surface area (Å²) < 4.78 is 5.22. The van der Waals surface area contributed by atoms with E-state index >= 15 is 0 Å². The zero-order chi connectivity index (χ0) is 12.7. The van der Waals surface area contributed by atoms with Gasteiger partial charge in [0, 0.05) is 0 Å². The molecule has 2 aliphatic rings. The van der Waals surface area contributed by atoms with Crippen molar-refractivity contribution in [3.63, 3.8) is 0 Å². The number of rotatable bonds is 4. The highest BCUT2D eigenvalue weighted by molar-refractivity contribution is 8.03. The fourth-order valence-electron chi connectivity index (χ4n) is 1.98. The van der Waals surface area contributed by atoms with E-state index in [2.05, 4.69) is 0 Å². The van der Waals surface area contributed by atoms with Gasteiger partial charge in [-0.25, -0.2) is 4.79 Å². The van der Waals surface area contributed by atoms with Gasteiger partial charge >= 0.3 is 5.97 Å². The lowest BCUT2D eigenvalue weighted by Gasteiger charge is -2.43. The quantitative estimate of drug-likeness (QED) is 0.701. The first-order valence-corrected chi connectivity index (χ1v) is 6.15. The van der Waals surface area contributed by atoms with Gasteiger partial charge in [-0.3, -0.25) is 9.69 Å². The lowest BCUT2D eigenvalue weighted by Crippen LogP contribution is -2.60. The van der Waals surface area contributed by atoms with Crippen molar-refractivity contribution in [2.75, 3.05) is 6.61 Å². The Kier molecular flexibility index (Phi) is 3.05. The van der Waals surface area contributed by atoms with Crippen LogP contribution in [0.5, 0.6) is 0 Å². The molecule has 94 valence electrons. The number of fused-ring (bicyclic) bond motifs is 1. The van der Waals surface area contributed by atoms with Gasteiger partial charge in [-0.05, 0) is 13.8 Å². The number of nitrogens with zero attached hydrogens (tertiary/aromatic N) is 1. The number of aliphatic carboxylic acids is 1. The van der Waals surface area contributed by atoms with Gasteiger partial charge in [-0.15, -0.1) is 0 Å². The van der Waals surface area contributed by atoms with Crippen molar-refractivity contribution in [3.05, 3.63) is 10.8 Å². The maximum absolute atomic E-state index is 11.7. The monoisotopic (exact) mass is 259 g/mol. The van der Waals surface area contributed by atoms with Crippen molar-refractivity contribution < 1.29 is 24.5 Å². The van der Waals surface area contributed by atoms with Crippen LogP contribution in [0.25, 0.3) is 0 Å². The molecule has 17 heavy (non-hydrogen) atoms. The van der Waals surface area contributed by atoms with Gasteiger partial charge in [-0.1, -0.05) is 11.8 Å². The zero-order valence-electron chi connectivity index (χ0n) is 9.41. The summed E-state index contributed by atoms with van der Waals surface area (Å²) in [6, 6.07) is 0. The number of amides is 1. The number of aliphatic hydroxyl groups excluding tert-OH is 1. The van der Waals surface area contributed by atoms with Crippen LogP contribution in [0.3, 0.4) is 0 Å². The lowest BCUT2D eigenvalue weighted by molar-refractivity contribution is -0.156. The summed E-state index contributed by atoms with van der Waals surface area (Å²) in [7, 11) is 0. The lowest BCUT2D eigenvalue weighted by atomic mass is 9.92. The zero-order valence-corrected chi connectivity index (χ0v) is 10.2. The first-order valence-electron chi connectivity index (χ1n) is 5.27. The second-order valence-corrected chi connectivity index (χ2v) is 4.95. The van der Waals surface area contributed by atoms with Gasteiger partial charge in [0.15, 0.2) is 10.8 Å². The topological polar surface area (TPSA) is 87.1 Å². The van der Waals surface area contributed by atoms with E-state index in [0.29, 0.717) is 6.61 Å². The van der Waals surface area contributed by atoms with Crippen LogP contribution >= 0.6 is 11.8 Å². The van der Waals surface area contributed by atoms with Crippen molar-refractivity contribution in [3.8, 4) is 0 Å². The summed E-state index contributed by atoms with van der Waals surface area (Å²) in [6.45, 7) is 3.61. The minimum atomic E-state index is -1.18. The maximum atomic E-state index is 11.7. The fourth-order valence-corrected chi connectivity index (χ4v) is 3.49. The van der Waals surface area contributed by atoms with Crippen molar-refractivity contribution >= 4 is 23.6 Å². The normalized spacial score (nSPS) is 28.9. The van der Waals surface area contributed by atoms with Gasteiger partial charge in [0.1, 0.15) is 5.37 Å². The van der Waals surface area contributed by atoms with Crippen molar-refractivity contribution in [1.82, 2.24) is 4.90 Å². The van der Waals surface area contributed by atoms with Gasteiger partial charge < -0.3 is 14.9 Å². The molecule has 6 nitrogen and oxygen atoms in total. The standard InChI is InChI=1S/C10H13NO5S/c1-3-16-10-6(9(14)15)11-7(13)5(4(2)12)8(11)17-10/h4-5,8,12H,3H2,1-2H3,(H,14,15)/t4?,5-,8+/m0/s1. The van der Waals surface area contributed by atoms with E-state index in [0.717, 1.165) is 0 Å². The van der Waals surface area contributed by atoms with Crippen LogP contribution in [0.15, 0.2) is 10.8 Å². The molecule has 0 bridgehead atoms. The SMILES string of the molecule is CCOC1=C(C(=O)O)N2C(=O)[C@H](C(C)O)[C@H]2S1. The molecule has 0 saturated carbocycles. The second kappa shape index (κ2) is 4.23. The molecule has 2 N–H and O–H groups in total. The molecule has 1 saturated heterocycles. The fraction of sp³-hybridized carbons (Fsp3) is 0.600. The Labute approximate surface area is 102 Å². The number of hydrogen-bond donors (Lipinski definition) is 2. The molecule has 0 aromatic rings. The van der Waals surface area contributed by atoms with Crippen LogP contribution in [-0.4, -0.2) is 45.1 Å². The summed E-state index contributed by atoms with van der Waals surface area (Å²) in [5, 5.41) is 18.4. The summed E-state index contributed by atoms with van der Waals surface area (Å²) in [6.07, 6.45) is -0.785. The molecule has 0 aromatic carbocycles. The van der Waals surface area contributed by atoms with E-state index in [9.17, 15) is 14.7 Å². The number of carbonyl (C=O) groups is 2. The summed E-state index contributed by atoms with van der Waals surface area (Å²) in [5.74, 6) is -2.09. The number of carbonyl (C=O) groups excluding carboxylic acids is 1. The number of carboxylic acids is 1. The molecule has 0 spiro atoms. The summed E-state index contributed by atoms with van der Waals surface area (Å²) >= 11 is 1.18. The van der Waals surface area contributed by atoms with Crippen LogP contribution in [0.4, 0.5) is 0 Å². The number of hydrogen-bond acceptors (Lipinski definition) is 5. The molecule has 7 heteroatoms. The smallest absolute Gasteiger partial charge is 0.357 e. The molecular weight excluding hydrogens is 246 g/mol. The van der Waals surface area contributed by atoms with Gasteiger partial charge in [0.2, 0.25) is 5.91 Å². The van der Waals surface area contributed by atoms with E-state index in [1.54, 1.807) is 6.92 Å². The minimum Gasteiger partial charge on any atom is -0.485 e. The third-order valence-electron chi connectivity index (χ3n) is 2.74. The van der Waals surface area contributed by atoms with Gasteiger partial charge in [0.25, 0.3) is 0 Å². The van der Waals surface area contributed by atoms with Crippen molar-refractivity contribution in [2.24, 2.45) is 5.92 Å². The maximum Gasteiger partial charge on any atom is 0.357 e. The highest BCUT2D eigenvalue weighted by Gasteiger charge is 2.58. The molecular formula is C10H13NO5S. The Morgan fingerprint density at radius 1 is 1.65 bits per heavy atom. The minimum absolute atomic E-state index is 0.108. The highest BCUT2D eigenvalue weighted by atomic mass is 32.2. The van der Waals surface area contributed by atoms with Crippen LogP contribution in [-0.2, 0) is 14.3 Å². The van der Waals surface area contributed by atoms with Crippen LogP contribution < -0.4 is 0 Å². The molecule has 0 radical (unpaired) electrons. The third kappa shape index (κ3) is 1.69. The molecule has 1 amide bonds. The number of β-lactam (4-membered cyclic amide) rings is 1. The Morgan fingerprint density at radius 2 is 2.29 bits per heavy atom.